The van der Waals surface area contributed by atoms with Gasteiger partial charge >= 0.3 is 29.2 Å². The van der Waals surface area contributed by atoms with E-state index in [0.717, 1.165) is 6.42 Å². The van der Waals surface area contributed by atoms with Gasteiger partial charge in [0, 0.05) is 6.42 Å². The molecule has 25 heavy (non-hydrogen) atoms. The third kappa shape index (κ3) is 20.1. The summed E-state index contributed by atoms with van der Waals surface area (Å²) in [6, 6.07) is 0. The van der Waals surface area contributed by atoms with Crippen molar-refractivity contribution in [1.29, 1.82) is 0 Å². The van der Waals surface area contributed by atoms with Crippen molar-refractivity contribution in [1.82, 2.24) is 0 Å². The summed E-state index contributed by atoms with van der Waals surface area (Å²) < 4.78 is 22.4. The fourth-order valence-corrected chi connectivity index (χ4v) is 1.51. The van der Waals surface area contributed by atoms with Crippen LogP contribution in [0.2, 0.25) is 0 Å². The summed E-state index contributed by atoms with van der Waals surface area (Å²) in [6.07, 6.45) is 1.05. The summed E-state index contributed by atoms with van der Waals surface area (Å²) >= 11 is 0. The van der Waals surface area contributed by atoms with Crippen molar-refractivity contribution in [3.63, 3.8) is 0 Å². The number of rotatable bonds is 8. The van der Waals surface area contributed by atoms with Gasteiger partial charge in [-0.15, -0.1) is 0 Å². The predicted octanol–water partition coefficient (Wildman–Crippen LogP) is 2.98. The summed E-state index contributed by atoms with van der Waals surface area (Å²) in [5, 5.41) is 0. The van der Waals surface area contributed by atoms with Crippen LogP contribution in [0.5, 0.6) is 0 Å². The first-order chi connectivity index (χ1) is 11.4. The van der Waals surface area contributed by atoms with Crippen LogP contribution in [0.15, 0.2) is 0 Å². The minimum atomic E-state index is -0.553. The molecule has 0 N–H and O–H groups in total. The zero-order valence-corrected chi connectivity index (χ0v) is 16.1. The molecule has 0 spiro atoms. The molecule has 0 amide bonds. The minimum absolute atomic E-state index is 0.00571. The fraction of sp³-hybridized carbons (Fsp3) is 0.778. The van der Waals surface area contributed by atoms with E-state index in [1.807, 2.05) is 20.8 Å². The summed E-state index contributed by atoms with van der Waals surface area (Å²) in [5.41, 5.74) is -0.484. The van der Waals surface area contributed by atoms with Crippen LogP contribution >= 0.6 is 0 Å². The van der Waals surface area contributed by atoms with Crippen LogP contribution in [0, 0.1) is 12.1 Å². The molecule has 0 saturated carbocycles. The zero-order chi connectivity index (χ0) is 20.1. The first-order valence-electron chi connectivity index (χ1n) is 8.12. The Hall–Kier alpha value is -1.85. The van der Waals surface area contributed by atoms with Crippen LogP contribution in [0.1, 0.15) is 67.2 Å². The average molecular weight is 358 g/mol. The second-order valence-electron chi connectivity index (χ2n) is 7.59. The van der Waals surface area contributed by atoms with Gasteiger partial charge in [-0.2, -0.15) is 0 Å². The third-order valence-corrected chi connectivity index (χ3v) is 2.64. The first kappa shape index (κ1) is 25.4. The van der Waals surface area contributed by atoms with Gasteiger partial charge in [0.2, 0.25) is 0 Å². The molecule has 0 heterocycles. The fourth-order valence-electron chi connectivity index (χ4n) is 1.51. The Labute approximate surface area is 150 Å². The third-order valence-electron chi connectivity index (χ3n) is 2.64. The van der Waals surface area contributed by atoms with E-state index in [0.29, 0.717) is 6.42 Å². The van der Waals surface area contributed by atoms with Gasteiger partial charge in [-0.3, -0.25) is 14.4 Å². The van der Waals surface area contributed by atoms with Gasteiger partial charge in [-0.05, 0) is 32.6 Å². The summed E-state index contributed by atoms with van der Waals surface area (Å²) in [7, 11) is 0. The number of esters is 3. The van der Waals surface area contributed by atoms with Gasteiger partial charge in [0.1, 0.15) is 18.8 Å². The molecule has 0 aliphatic rings. The van der Waals surface area contributed by atoms with Crippen LogP contribution in [0.4, 0.5) is 0 Å². The van der Waals surface area contributed by atoms with Crippen molar-refractivity contribution in [2.45, 2.75) is 72.8 Å². The predicted molar refractivity (Wildman–Crippen MR) is 89.6 cm³/mol. The van der Waals surface area contributed by atoms with Crippen LogP contribution in [0.3, 0.4) is 0 Å². The normalized spacial score (nSPS) is 10.9. The number of carbonyl (C=O) groups is 3. The topological polar surface area (TPSA) is 98.8 Å². The van der Waals surface area contributed by atoms with Crippen molar-refractivity contribution in [3.8, 4) is 0 Å². The quantitative estimate of drug-likeness (QED) is 0.286. The number of carbonyl (C=O) groups excluding carboxylic acids is 3. The zero-order valence-electron chi connectivity index (χ0n) is 16.1. The van der Waals surface area contributed by atoms with Gasteiger partial charge in [-0.25, -0.2) is 0 Å². The molecule has 144 valence electrons. The average Bonchev–Trinajstić information content (AvgIpc) is 2.44. The molecular formula is C18H30O7. The Balaban J connectivity index is 0. The molecule has 0 radical (unpaired) electrons. The molecule has 0 rings (SSSR count). The summed E-state index contributed by atoms with van der Waals surface area (Å²) in [4.78, 5) is 34.3. The molecule has 0 saturated heterocycles. The van der Waals surface area contributed by atoms with E-state index in [9.17, 15) is 14.4 Å². The SMILES string of the molecule is CC(C)(C)CCC(=O)OCCC(=O)OCCC(=O)OC(C)(C)C.[C-]#[O+]. The van der Waals surface area contributed by atoms with Gasteiger partial charge in [0.15, 0.2) is 0 Å². The summed E-state index contributed by atoms with van der Waals surface area (Å²) in [5.74, 6) is -1.24. The van der Waals surface area contributed by atoms with E-state index in [1.165, 1.54) is 0 Å². The van der Waals surface area contributed by atoms with Crippen LogP contribution < -0.4 is 0 Å². The Morgan fingerprint density at radius 3 is 1.56 bits per heavy atom. The first-order valence-corrected chi connectivity index (χ1v) is 8.12. The molecule has 0 aromatic heterocycles. The van der Waals surface area contributed by atoms with E-state index in [-0.39, 0.29) is 37.4 Å². The maximum atomic E-state index is 11.5. The number of hydrogen-bond acceptors (Lipinski definition) is 6. The second kappa shape index (κ2) is 12.5. The monoisotopic (exact) mass is 358 g/mol. The Kier molecular flexibility index (Phi) is 12.7. The molecule has 0 bridgehead atoms. The Morgan fingerprint density at radius 1 is 0.760 bits per heavy atom. The molecule has 0 aromatic carbocycles. The van der Waals surface area contributed by atoms with E-state index in [2.05, 4.69) is 6.65 Å². The van der Waals surface area contributed by atoms with Crippen molar-refractivity contribution >= 4 is 17.9 Å². The van der Waals surface area contributed by atoms with Crippen molar-refractivity contribution in [2.75, 3.05) is 13.2 Å². The van der Waals surface area contributed by atoms with Crippen molar-refractivity contribution in [2.24, 2.45) is 5.41 Å². The van der Waals surface area contributed by atoms with Crippen LogP contribution in [0.25, 0.3) is 0 Å². The molecule has 0 fully saturated rings. The van der Waals surface area contributed by atoms with Gasteiger partial charge in [0.05, 0.1) is 12.8 Å². The number of ether oxygens (including phenoxy) is 3. The second-order valence-corrected chi connectivity index (χ2v) is 7.59. The van der Waals surface area contributed by atoms with Crippen molar-refractivity contribution < 1.29 is 33.2 Å². The van der Waals surface area contributed by atoms with Crippen LogP contribution in [-0.4, -0.2) is 36.7 Å². The van der Waals surface area contributed by atoms with E-state index in [1.54, 1.807) is 20.8 Å². The van der Waals surface area contributed by atoms with Crippen molar-refractivity contribution in [3.05, 3.63) is 6.65 Å². The maximum absolute atomic E-state index is 11.5. The van der Waals surface area contributed by atoms with Gasteiger partial charge in [-0.1, -0.05) is 20.8 Å². The molecule has 0 aromatic rings. The van der Waals surface area contributed by atoms with Crippen LogP contribution in [-0.2, 0) is 33.2 Å². The molecule has 0 aliphatic heterocycles. The number of hydrogen-bond donors (Lipinski definition) is 0. The standard InChI is InChI=1S/C17H30O6.CO/c1-16(2,3)10-7-13(18)21-11-8-14(19)22-12-9-15(20)23-17(4,5)6;1-2/h7-12H2,1-6H3;. The molecule has 0 aliphatic carbocycles. The van der Waals surface area contributed by atoms with Gasteiger partial charge < -0.3 is 14.2 Å². The molecule has 7 nitrogen and oxygen atoms in total. The van der Waals surface area contributed by atoms with E-state index < -0.39 is 17.5 Å². The van der Waals surface area contributed by atoms with E-state index >= 15 is 0 Å². The Bertz CT molecular complexity index is 439. The van der Waals surface area contributed by atoms with Gasteiger partial charge in [0.25, 0.3) is 0 Å². The molecule has 7 heteroatoms. The summed E-state index contributed by atoms with van der Waals surface area (Å²) in [6.45, 7) is 15.9. The molecular weight excluding hydrogens is 328 g/mol. The van der Waals surface area contributed by atoms with E-state index in [4.69, 9.17) is 18.9 Å². The Morgan fingerprint density at radius 2 is 1.16 bits per heavy atom. The molecule has 0 atom stereocenters. The molecule has 0 unspecified atom stereocenters.